The molecule has 1 aromatic heterocycles. The van der Waals surface area contributed by atoms with E-state index in [-0.39, 0.29) is 10.7 Å². The number of aromatic nitrogens is 1. The summed E-state index contributed by atoms with van der Waals surface area (Å²) in [5.74, 6) is -0.350. The Hall–Kier alpha value is -2.69. The number of hydrogen-bond donors (Lipinski definition) is 0. The third-order valence-corrected chi connectivity index (χ3v) is 5.84. The highest BCUT2D eigenvalue weighted by Crippen LogP contribution is 2.35. The molecule has 0 N–H and O–H groups in total. The molecule has 0 atom stereocenters. The van der Waals surface area contributed by atoms with Gasteiger partial charge in [-0.25, -0.2) is 17.8 Å². The summed E-state index contributed by atoms with van der Waals surface area (Å²) in [6, 6.07) is 16.2. The zero-order valence-corrected chi connectivity index (χ0v) is 16.2. The first-order valence-electron chi connectivity index (χ1n) is 7.89. The largest absolute Gasteiger partial charge is 0.239 e. The molecule has 0 bridgehead atoms. The molecule has 0 radical (unpaired) electrons. The van der Waals surface area contributed by atoms with E-state index in [0.29, 0.717) is 27.4 Å². The third kappa shape index (κ3) is 4.02. The van der Waals surface area contributed by atoms with Crippen LogP contribution in [0.4, 0.5) is 4.39 Å². The molecule has 0 amide bonds. The van der Waals surface area contributed by atoms with Gasteiger partial charge in [0.25, 0.3) is 0 Å². The molecular formula is C20H15FN2O2S2. The van der Waals surface area contributed by atoms with Crippen LogP contribution in [0.15, 0.2) is 64.5 Å². The molecule has 136 valence electrons. The van der Waals surface area contributed by atoms with Gasteiger partial charge in [0.15, 0.2) is 9.84 Å². The van der Waals surface area contributed by atoms with Crippen molar-refractivity contribution in [2.75, 3.05) is 12.5 Å². The van der Waals surface area contributed by atoms with Crippen molar-refractivity contribution < 1.29 is 12.8 Å². The second-order valence-electron chi connectivity index (χ2n) is 5.86. The lowest BCUT2D eigenvalue weighted by Gasteiger charge is -2.13. The number of rotatable bonds is 4. The number of pyridine rings is 1. The lowest BCUT2D eigenvalue weighted by molar-refractivity contribution is 0.602. The van der Waals surface area contributed by atoms with Gasteiger partial charge in [-0.3, -0.25) is 0 Å². The van der Waals surface area contributed by atoms with Crippen LogP contribution in [0.2, 0.25) is 0 Å². The number of hydrogen-bond acceptors (Lipinski definition) is 5. The summed E-state index contributed by atoms with van der Waals surface area (Å²) in [5, 5.41) is 10.0. The van der Waals surface area contributed by atoms with Crippen molar-refractivity contribution >= 4 is 21.6 Å². The highest BCUT2D eigenvalue weighted by molar-refractivity contribution is 7.98. The molecule has 0 spiro atoms. The second-order valence-corrected chi connectivity index (χ2v) is 8.67. The fourth-order valence-corrected chi connectivity index (χ4v) is 3.80. The van der Waals surface area contributed by atoms with Crippen LogP contribution >= 0.6 is 11.8 Å². The minimum atomic E-state index is -3.31. The fourth-order valence-electron chi connectivity index (χ4n) is 2.66. The van der Waals surface area contributed by atoms with E-state index in [1.54, 1.807) is 30.3 Å². The first kappa shape index (κ1) is 19.1. The van der Waals surface area contributed by atoms with E-state index >= 15 is 0 Å². The summed E-state index contributed by atoms with van der Waals surface area (Å²) in [6.07, 6.45) is 2.98. The zero-order chi connectivity index (χ0) is 19.6. The SMILES string of the molecule is CSc1nc(-c2ccc(F)cc2)c(-c2ccc(S(C)(=O)=O)cc2)cc1C#N. The minimum Gasteiger partial charge on any atom is -0.239 e. The topological polar surface area (TPSA) is 70.8 Å². The average Bonchev–Trinajstić information content (AvgIpc) is 2.67. The lowest BCUT2D eigenvalue weighted by Crippen LogP contribution is -1.98. The Morgan fingerprint density at radius 2 is 1.63 bits per heavy atom. The van der Waals surface area contributed by atoms with Crippen LogP contribution in [-0.4, -0.2) is 25.9 Å². The lowest BCUT2D eigenvalue weighted by atomic mass is 9.98. The normalized spacial score (nSPS) is 11.2. The molecule has 0 unspecified atom stereocenters. The van der Waals surface area contributed by atoms with E-state index in [1.807, 2.05) is 6.26 Å². The van der Waals surface area contributed by atoms with Gasteiger partial charge in [0.1, 0.15) is 16.9 Å². The fraction of sp³-hybridized carbons (Fsp3) is 0.100. The molecule has 1 heterocycles. The standard InChI is InChI=1S/C20H15FN2O2S2/c1-26-20-15(12-22)11-18(13-5-9-17(10-6-13)27(2,24)25)19(23-20)14-3-7-16(21)8-4-14/h3-11H,1-2H3. The molecule has 0 fully saturated rings. The first-order valence-corrected chi connectivity index (χ1v) is 11.0. The Kier molecular flexibility index (Phi) is 5.31. The van der Waals surface area contributed by atoms with Gasteiger partial charge in [-0.15, -0.1) is 11.8 Å². The maximum Gasteiger partial charge on any atom is 0.175 e. The molecule has 2 aromatic carbocycles. The van der Waals surface area contributed by atoms with Gasteiger partial charge >= 0.3 is 0 Å². The molecule has 27 heavy (non-hydrogen) atoms. The number of nitrogens with zero attached hydrogens (tertiary/aromatic N) is 2. The average molecular weight is 398 g/mol. The molecule has 0 aliphatic heterocycles. The van der Waals surface area contributed by atoms with Crippen LogP contribution in [0, 0.1) is 17.1 Å². The maximum atomic E-state index is 13.3. The third-order valence-electron chi connectivity index (χ3n) is 4.01. The number of nitriles is 1. The van der Waals surface area contributed by atoms with Gasteiger partial charge in [-0.1, -0.05) is 12.1 Å². The monoisotopic (exact) mass is 398 g/mol. The van der Waals surface area contributed by atoms with Gasteiger partial charge in [0.2, 0.25) is 0 Å². The Labute approximate surface area is 161 Å². The van der Waals surface area contributed by atoms with Crippen LogP contribution in [0.1, 0.15) is 5.56 Å². The molecule has 0 aliphatic carbocycles. The van der Waals surface area contributed by atoms with Crippen molar-refractivity contribution in [3.63, 3.8) is 0 Å². The van der Waals surface area contributed by atoms with Crippen LogP contribution in [0.25, 0.3) is 22.4 Å². The van der Waals surface area contributed by atoms with Crippen molar-refractivity contribution in [2.24, 2.45) is 0 Å². The van der Waals surface area contributed by atoms with Crippen molar-refractivity contribution in [1.82, 2.24) is 4.98 Å². The van der Waals surface area contributed by atoms with E-state index in [4.69, 9.17) is 0 Å². The Morgan fingerprint density at radius 3 is 2.15 bits per heavy atom. The summed E-state index contributed by atoms with van der Waals surface area (Å²) in [4.78, 5) is 4.82. The minimum absolute atomic E-state index is 0.212. The number of halogens is 1. The molecule has 0 aliphatic rings. The predicted molar refractivity (Wildman–Crippen MR) is 105 cm³/mol. The summed E-state index contributed by atoms with van der Waals surface area (Å²) in [7, 11) is -3.31. The molecule has 0 saturated heterocycles. The van der Waals surface area contributed by atoms with Crippen LogP contribution in [0.3, 0.4) is 0 Å². The quantitative estimate of drug-likeness (QED) is 0.603. The first-order chi connectivity index (χ1) is 12.8. The van der Waals surface area contributed by atoms with Crippen LogP contribution < -0.4 is 0 Å². The maximum absolute atomic E-state index is 13.3. The van der Waals surface area contributed by atoms with E-state index in [1.165, 1.54) is 36.0 Å². The molecule has 3 rings (SSSR count). The summed E-state index contributed by atoms with van der Waals surface area (Å²) in [5.41, 5.74) is 3.13. The predicted octanol–water partition coefficient (Wildman–Crippen LogP) is 4.55. The Morgan fingerprint density at radius 1 is 1.04 bits per heavy atom. The number of thioether (sulfide) groups is 1. The van der Waals surface area contributed by atoms with Crippen molar-refractivity contribution in [3.8, 4) is 28.5 Å². The zero-order valence-electron chi connectivity index (χ0n) is 14.6. The highest BCUT2D eigenvalue weighted by Gasteiger charge is 2.16. The van der Waals surface area contributed by atoms with Crippen molar-refractivity contribution in [2.45, 2.75) is 9.92 Å². The van der Waals surface area contributed by atoms with E-state index in [2.05, 4.69) is 11.1 Å². The van der Waals surface area contributed by atoms with Crippen LogP contribution in [-0.2, 0) is 9.84 Å². The van der Waals surface area contributed by atoms with Gasteiger partial charge in [0, 0.05) is 17.4 Å². The smallest absolute Gasteiger partial charge is 0.175 e. The van der Waals surface area contributed by atoms with E-state index < -0.39 is 9.84 Å². The molecular weight excluding hydrogens is 383 g/mol. The molecule has 4 nitrogen and oxygen atoms in total. The second kappa shape index (κ2) is 7.51. The number of benzene rings is 2. The summed E-state index contributed by atoms with van der Waals surface area (Å²) in [6.45, 7) is 0. The van der Waals surface area contributed by atoms with Crippen LogP contribution in [0.5, 0.6) is 0 Å². The van der Waals surface area contributed by atoms with E-state index in [0.717, 1.165) is 11.8 Å². The highest BCUT2D eigenvalue weighted by atomic mass is 32.2. The summed E-state index contributed by atoms with van der Waals surface area (Å²) >= 11 is 1.35. The van der Waals surface area contributed by atoms with E-state index in [9.17, 15) is 18.1 Å². The van der Waals surface area contributed by atoms with Gasteiger partial charge in [-0.2, -0.15) is 5.26 Å². The van der Waals surface area contributed by atoms with Gasteiger partial charge in [-0.05, 0) is 54.3 Å². The molecule has 7 heteroatoms. The summed E-state index contributed by atoms with van der Waals surface area (Å²) < 4.78 is 36.7. The Balaban J connectivity index is 2.24. The van der Waals surface area contributed by atoms with Gasteiger partial charge < -0.3 is 0 Å². The molecule has 3 aromatic rings. The van der Waals surface area contributed by atoms with Crippen molar-refractivity contribution in [3.05, 3.63) is 66.0 Å². The number of sulfone groups is 1. The van der Waals surface area contributed by atoms with Gasteiger partial charge in [0.05, 0.1) is 16.2 Å². The van der Waals surface area contributed by atoms with Crippen molar-refractivity contribution in [1.29, 1.82) is 5.26 Å². The molecule has 0 saturated carbocycles. The Bertz CT molecular complexity index is 1130.